The summed E-state index contributed by atoms with van der Waals surface area (Å²) >= 11 is 1.76. The number of nitrogens with zero attached hydrogens (tertiary/aromatic N) is 2. The van der Waals surface area contributed by atoms with Crippen molar-refractivity contribution in [1.82, 2.24) is 9.80 Å². The van der Waals surface area contributed by atoms with Crippen LogP contribution >= 0.6 is 11.3 Å². The first-order valence-corrected chi connectivity index (χ1v) is 8.14. The number of rotatable bonds is 6. The normalized spacial score (nSPS) is 14.1. The molecule has 1 aromatic heterocycles. The van der Waals surface area contributed by atoms with Crippen LogP contribution < -0.4 is 0 Å². The Hall–Kier alpha value is -1.40. The van der Waals surface area contributed by atoms with Crippen LogP contribution in [0, 0.1) is 0 Å². The summed E-state index contributed by atoms with van der Waals surface area (Å²) in [5.74, 6) is -0.209. The Balaban J connectivity index is 1.91. The molecule has 0 N–H and O–H groups in total. The zero-order valence-corrected chi connectivity index (χ0v) is 13.4. The number of carbonyl (C=O) groups is 2. The smallest absolute Gasteiger partial charge is 0.319 e. The van der Waals surface area contributed by atoms with Crippen molar-refractivity contribution in [2.45, 2.75) is 26.3 Å². The summed E-state index contributed by atoms with van der Waals surface area (Å²) in [6.45, 7) is 4.67. The van der Waals surface area contributed by atoms with Crippen molar-refractivity contribution in [2.75, 3.05) is 33.3 Å². The topological polar surface area (TPSA) is 49.9 Å². The van der Waals surface area contributed by atoms with Crippen LogP contribution in [0.15, 0.2) is 11.4 Å². The first kappa shape index (κ1) is 16.0. The molecule has 21 heavy (non-hydrogen) atoms. The molecular formula is C15H22N2O3S. The van der Waals surface area contributed by atoms with Gasteiger partial charge in [-0.3, -0.25) is 14.5 Å². The molecule has 0 radical (unpaired) electrons. The van der Waals surface area contributed by atoms with Crippen molar-refractivity contribution >= 4 is 23.2 Å². The maximum atomic E-state index is 12.4. The third-order valence-electron chi connectivity index (χ3n) is 3.64. The first-order chi connectivity index (χ1) is 10.1. The van der Waals surface area contributed by atoms with E-state index in [1.54, 1.807) is 11.3 Å². The summed E-state index contributed by atoms with van der Waals surface area (Å²) in [4.78, 5) is 28.9. The molecule has 1 aromatic rings. The van der Waals surface area contributed by atoms with Gasteiger partial charge in [-0.05, 0) is 36.4 Å². The summed E-state index contributed by atoms with van der Waals surface area (Å²) in [5.41, 5.74) is 1.26. The zero-order valence-electron chi connectivity index (χ0n) is 12.6. The van der Waals surface area contributed by atoms with Gasteiger partial charge in [0.2, 0.25) is 5.91 Å². The molecule has 5 nitrogen and oxygen atoms in total. The van der Waals surface area contributed by atoms with E-state index in [9.17, 15) is 9.59 Å². The van der Waals surface area contributed by atoms with Crippen LogP contribution in [0.1, 0.15) is 23.8 Å². The van der Waals surface area contributed by atoms with Gasteiger partial charge in [-0.15, -0.1) is 11.3 Å². The van der Waals surface area contributed by atoms with Crippen LogP contribution in [0.3, 0.4) is 0 Å². The predicted molar refractivity (Wildman–Crippen MR) is 82.2 cm³/mol. The van der Waals surface area contributed by atoms with E-state index >= 15 is 0 Å². The van der Waals surface area contributed by atoms with Gasteiger partial charge >= 0.3 is 5.97 Å². The van der Waals surface area contributed by atoms with E-state index < -0.39 is 0 Å². The average Bonchev–Trinajstić information content (AvgIpc) is 2.94. The number of thiophene rings is 1. The van der Waals surface area contributed by atoms with Crippen LogP contribution in [0.25, 0.3) is 0 Å². The molecular weight excluding hydrogens is 288 g/mol. The van der Waals surface area contributed by atoms with Crippen molar-refractivity contribution in [1.29, 1.82) is 0 Å². The Labute approximate surface area is 129 Å². The number of hydrogen-bond acceptors (Lipinski definition) is 5. The van der Waals surface area contributed by atoms with Gasteiger partial charge in [0.25, 0.3) is 0 Å². The maximum absolute atomic E-state index is 12.4. The lowest BCUT2D eigenvalue weighted by molar-refractivity contribution is -0.143. The summed E-state index contributed by atoms with van der Waals surface area (Å²) in [6.07, 6.45) is 1.84. The van der Waals surface area contributed by atoms with Crippen molar-refractivity contribution < 1.29 is 14.3 Å². The quantitative estimate of drug-likeness (QED) is 0.748. The monoisotopic (exact) mass is 310 g/mol. The lowest BCUT2D eigenvalue weighted by Gasteiger charge is -2.29. The highest BCUT2D eigenvalue weighted by Crippen LogP contribution is 2.24. The second-order valence-corrected chi connectivity index (χ2v) is 6.22. The number of carbonyl (C=O) groups excluding carboxylic acids is 2. The number of fused-ring (bicyclic) bond motifs is 1. The molecule has 2 rings (SSSR count). The molecule has 6 heteroatoms. The maximum Gasteiger partial charge on any atom is 0.319 e. The molecule has 1 aliphatic heterocycles. The number of methoxy groups -OCH3 is 1. The van der Waals surface area contributed by atoms with Gasteiger partial charge in [0.15, 0.2) is 0 Å². The molecule has 0 atom stereocenters. The molecule has 2 heterocycles. The van der Waals surface area contributed by atoms with Crippen molar-refractivity contribution in [3.05, 3.63) is 21.9 Å². The van der Waals surface area contributed by atoms with E-state index in [1.165, 1.54) is 17.6 Å². The number of esters is 1. The zero-order chi connectivity index (χ0) is 15.2. The molecule has 1 amide bonds. The standard InChI is InChI=1S/C15H22N2O3S/c1-3-6-16(11-15(19)20-2)10-14(18)17-7-4-13-12(9-17)5-8-21-13/h5,8H,3-4,6-7,9-11H2,1-2H3. The Kier molecular flexibility index (Phi) is 5.76. The fourth-order valence-electron chi connectivity index (χ4n) is 2.53. The molecule has 1 aliphatic rings. The molecule has 116 valence electrons. The molecule has 0 bridgehead atoms. The van der Waals surface area contributed by atoms with E-state index in [0.29, 0.717) is 6.54 Å². The van der Waals surface area contributed by atoms with Crippen molar-refractivity contribution in [3.63, 3.8) is 0 Å². The Morgan fingerprint density at radius 2 is 2.24 bits per heavy atom. The van der Waals surface area contributed by atoms with Crippen LogP contribution in [-0.4, -0.2) is 55.0 Å². The highest BCUT2D eigenvalue weighted by atomic mass is 32.1. The molecule has 0 saturated carbocycles. The van der Waals surface area contributed by atoms with Gasteiger partial charge < -0.3 is 9.64 Å². The van der Waals surface area contributed by atoms with Crippen LogP contribution in [0.4, 0.5) is 0 Å². The number of hydrogen-bond donors (Lipinski definition) is 0. The minimum atomic E-state index is -0.296. The van der Waals surface area contributed by atoms with Gasteiger partial charge in [0.05, 0.1) is 20.2 Å². The lowest BCUT2D eigenvalue weighted by atomic mass is 10.1. The van der Waals surface area contributed by atoms with E-state index in [2.05, 4.69) is 16.2 Å². The number of amides is 1. The molecule has 0 fully saturated rings. The third kappa shape index (κ3) is 4.28. The second-order valence-electron chi connectivity index (χ2n) is 5.22. The fourth-order valence-corrected chi connectivity index (χ4v) is 3.42. The Bertz CT molecular complexity index is 501. The van der Waals surface area contributed by atoms with E-state index in [1.807, 2.05) is 16.7 Å². The summed E-state index contributed by atoms with van der Waals surface area (Å²) in [5, 5.41) is 2.08. The van der Waals surface area contributed by atoms with Gasteiger partial charge in [-0.1, -0.05) is 6.92 Å². The molecule has 0 unspecified atom stereocenters. The number of ether oxygens (including phenoxy) is 1. The summed E-state index contributed by atoms with van der Waals surface area (Å²) < 4.78 is 4.69. The predicted octanol–water partition coefficient (Wildman–Crippen LogP) is 1.52. The van der Waals surface area contributed by atoms with E-state index in [-0.39, 0.29) is 25.0 Å². The fraction of sp³-hybridized carbons (Fsp3) is 0.600. The van der Waals surface area contributed by atoms with Gasteiger partial charge in [0, 0.05) is 18.0 Å². The van der Waals surface area contributed by atoms with Gasteiger partial charge in [-0.25, -0.2) is 0 Å². The lowest BCUT2D eigenvalue weighted by Crippen LogP contribution is -2.44. The largest absolute Gasteiger partial charge is 0.468 e. The van der Waals surface area contributed by atoms with Crippen molar-refractivity contribution in [3.8, 4) is 0 Å². The molecule has 0 aromatic carbocycles. The highest BCUT2D eigenvalue weighted by molar-refractivity contribution is 7.10. The summed E-state index contributed by atoms with van der Waals surface area (Å²) in [6, 6.07) is 2.09. The second kappa shape index (κ2) is 7.56. The van der Waals surface area contributed by atoms with Crippen LogP contribution in [0.2, 0.25) is 0 Å². The molecule has 0 spiro atoms. The average molecular weight is 310 g/mol. The highest BCUT2D eigenvalue weighted by Gasteiger charge is 2.23. The third-order valence-corrected chi connectivity index (χ3v) is 4.66. The van der Waals surface area contributed by atoms with Crippen molar-refractivity contribution in [2.24, 2.45) is 0 Å². The van der Waals surface area contributed by atoms with E-state index in [4.69, 9.17) is 0 Å². The first-order valence-electron chi connectivity index (χ1n) is 7.26. The SMILES string of the molecule is CCCN(CC(=O)OC)CC(=O)N1CCc2sccc2C1. The minimum Gasteiger partial charge on any atom is -0.468 e. The van der Waals surface area contributed by atoms with E-state index in [0.717, 1.165) is 25.9 Å². The van der Waals surface area contributed by atoms with Crippen LogP contribution in [0.5, 0.6) is 0 Å². The minimum absolute atomic E-state index is 0.0872. The Morgan fingerprint density at radius 1 is 1.43 bits per heavy atom. The Morgan fingerprint density at radius 3 is 2.95 bits per heavy atom. The van der Waals surface area contributed by atoms with Crippen LogP contribution in [-0.2, 0) is 27.3 Å². The molecule has 0 saturated heterocycles. The van der Waals surface area contributed by atoms with Gasteiger partial charge in [0.1, 0.15) is 0 Å². The summed E-state index contributed by atoms with van der Waals surface area (Å²) in [7, 11) is 1.37. The molecule has 0 aliphatic carbocycles. The van der Waals surface area contributed by atoms with Gasteiger partial charge in [-0.2, -0.15) is 0 Å².